The Kier molecular flexibility index (Phi) is 8.72. The molecule has 1 unspecified atom stereocenters. The molecule has 0 amide bonds. The fourth-order valence-electron chi connectivity index (χ4n) is 3.63. The van der Waals surface area contributed by atoms with E-state index < -0.39 is 0 Å². The van der Waals surface area contributed by atoms with Gasteiger partial charge in [-0.15, -0.1) is 5.10 Å². The minimum atomic E-state index is -0.364. The van der Waals surface area contributed by atoms with Crippen LogP contribution in [0.25, 0.3) is 0 Å². The molecule has 3 heterocycles. The lowest BCUT2D eigenvalue weighted by Gasteiger charge is -2.43. The number of aromatic nitrogens is 3. The second-order valence-electron chi connectivity index (χ2n) is 6.93. The number of rotatable bonds is 5. The molecule has 0 bridgehead atoms. The maximum Gasteiger partial charge on any atom is 0.112 e. The molecule has 1 atom stereocenters. The van der Waals surface area contributed by atoms with Gasteiger partial charge >= 0.3 is 0 Å². The van der Waals surface area contributed by atoms with Crippen molar-refractivity contribution in [3.05, 3.63) is 42.2 Å². The number of para-hydroxylation sites is 1. The van der Waals surface area contributed by atoms with Crippen molar-refractivity contribution in [2.45, 2.75) is 52.1 Å². The molecule has 1 fully saturated rings. The smallest absolute Gasteiger partial charge is 0.112 e. The van der Waals surface area contributed by atoms with E-state index in [0.29, 0.717) is 0 Å². The average molecular weight is 376 g/mol. The molecule has 2 aliphatic heterocycles. The summed E-state index contributed by atoms with van der Waals surface area (Å²) in [5.41, 5.74) is 3.01. The lowest BCUT2D eigenvalue weighted by molar-refractivity contribution is 0.185. The first-order chi connectivity index (χ1) is 13.2. The van der Waals surface area contributed by atoms with Crippen LogP contribution in [0, 0.1) is 0 Å². The lowest BCUT2D eigenvalue weighted by atomic mass is 10.1. The number of benzene rings is 1. The van der Waals surface area contributed by atoms with E-state index in [-0.39, 0.29) is 12.7 Å². The number of likely N-dealkylation sites (N-methyl/N-ethyl adjacent to an activating group) is 1. The van der Waals surface area contributed by atoms with Gasteiger partial charge in [0, 0.05) is 31.5 Å². The van der Waals surface area contributed by atoms with Gasteiger partial charge < -0.3 is 9.80 Å². The van der Waals surface area contributed by atoms with E-state index in [4.69, 9.17) is 0 Å². The largest absolute Gasteiger partial charge is 0.365 e. The second kappa shape index (κ2) is 11.0. The third-order valence-electron chi connectivity index (χ3n) is 5.02. The van der Waals surface area contributed by atoms with Crippen LogP contribution in [-0.4, -0.2) is 59.3 Å². The number of hydrogen-bond acceptors (Lipinski definition) is 4. The maximum atomic E-state index is 12.3. The van der Waals surface area contributed by atoms with Crippen LogP contribution < -0.4 is 4.90 Å². The molecule has 2 aromatic rings. The van der Waals surface area contributed by atoms with Gasteiger partial charge in [0.15, 0.2) is 0 Å². The van der Waals surface area contributed by atoms with E-state index in [1.54, 1.807) is 17.1 Å². The van der Waals surface area contributed by atoms with Gasteiger partial charge in [-0.1, -0.05) is 50.6 Å². The zero-order valence-corrected chi connectivity index (χ0v) is 17.2. The number of nitrogens with zero attached hydrogens (tertiary/aromatic N) is 5. The molecule has 0 N–H and O–H groups in total. The van der Waals surface area contributed by atoms with Crippen LogP contribution in [-0.2, 0) is 6.42 Å². The summed E-state index contributed by atoms with van der Waals surface area (Å²) >= 11 is 0. The van der Waals surface area contributed by atoms with Crippen LogP contribution in [0.4, 0.5) is 10.1 Å². The normalized spacial score (nSPS) is 17.1. The molecule has 2 aliphatic rings. The molecule has 6 heteroatoms. The average Bonchev–Trinajstić information content (AvgIpc) is 3.36. The Labute approximate surface area is 163 Å². The van der Waals surface area contributed by atoms with Crippen molar-refractivity contribution in [2.24, 2.45) is 0 Å². The van der Waals surface area contributed by atoms with Gasteiger partial charge in [-0.3, -0.25) is 0 Å². The molecular weight excluding hydrogens is 341 g/mol. The van der Waals surface area contributed by atoms with Crippen molar-refractivity contribution >= 4 is 5.69 Å². The third-order valence-corrected chi connectivity index (χ3v) is 5.02. The molecular formula is C21H34FN5. The molecule has 150 valence electrons. The van der Waals surface area contributed by atoms with Crippen LogP contribution in [0.5, 0.6) is 0 Å². The van der Waals surface area contributed by atoms with Crippen molar-refractivity contribution in [1.82, 2.24) is 19.9 Å². The van der Waals surface area contributed by atoms with Crippen molar-refractivity contribution < 1.29 is 4.39 Å². The monoisotopic (exact) mass is 375 g/mol. The Morgan fingerprint density at radius 2 is 1.96 bits per heavy atom. The molecule has 0 aliphatic carbocycles. The third kappa shape index (κ3) is 5.51. The zero-order chi connectivity index (χ0) is 19.6. The van der Waals surface area contributed by atoms with E-state index in [1.807, 2.05) is 20.8 Å². The summed E-state index contributed by atoms with van der Waals surface area (Å²) in [7, 11) is 2.19. The Bertz CT molecular complexity index is 640. The second-order valence-corrected chi connectivity index (χ2v) is 6.93. The predicted molar refractivity (Wildman–Crippen MR) is 110 cm³/mol. The zero-order valence-electron chi connectivity index (χ0n) is 17.2. The van der Waals surface area contributed by atoms with Crippen LogP contribution in [0.2, 0.25) is 0 Å². The van der Waals surface area contributed by atoms with Gasteiger partial charge in [0.05, 0.1) is 18.3 Å². The number of anilines is 1. The lowest BCUT2D eigenvalue weighted by Crippen LogP contribution is -2.57. The fourth-order valence-corrected chi connectivity index (χ4v) is 3.63. The molecule has 4 rings (SSSR count). The number of likely N-dealkylation sites (tertiary alicyclic amines) is 1. The van der Waals surface area contributed by atoms with Gasteiger partial charge in [-0.05, 0) is 31.5 Å². The highest BCUT2D eigenvalue weighted by Gasteiger charge is 2.32. The maximum absolute atomic E-state index is 12.3. The highest BCUT2D eigenvalue weighted by Crippen LogP contribution is 2.31. The van der Waals surface area contributed by atoms with Crippen LogP contribution in [0.1, 0.15) is 45.2 Å². The topological polar surface area (TPSA) is 37.2 Å². The summed E-state index contributed by atoms with van der Waals surface area (Å²) in [6.07, 6.45) is 6.28. The van der Waals surface area contributed by atoms with Gasteiger partial charge in [0.1, 0.15) is 6.67 Å². The number of fused-ring (bicyclic) bond motifs is 1. The molecule has 1 saturated heterocycles. The molecule has 1 aromatic heterocycles. The molecule has 5 nitrogen and oxygen atoms in total. The van der Waals surface area contributed by atoms with Crippen molar-refractivity contribution in [3.8, 4) is 0 Å². The summed E-state index contributed by atoms with van der Waals surface area (Å²) in [6.45, 7) is 9.34. The van der Waals surface area contributed by atoms with Crippen molar-refractivity contribution in [1.29, 1.82) is 0 Å². The SMILES string of the molecule is CC.CCCC(CF)n1ccnn1.CN1CC(N2CCc3ccccc32)C1. The summed E-state index contributed by atoms with van der Waals surface area (Å²) in [4.78, 5) is 4.96. The van der Waals surface area contributed by atoms with Crippen molar-refractivity contribution in [2.75, 3.05) is 38.3 Å². The number of alkyl halides is 1. The highest BCUT2D eigenvalue weighted by atomic mass is 19.1. The number of hydrogen-bond donors (Lipinski definition) is 0. The predicted octanol–water partition coefficient (Wildman–Crippen LogP) is 3.98. The van der Waals surface area contributed by atoms with Crippen molar-refractivity contribution in [3.63, 3.8) is 0 Å². The van der Waals surface area contributed by atoms with E-state index in [1.165, 1.54) is 37.3 Å². The molecule has 0 saturated carbocycles. The van der Waals surface area contributed by atoms with Gasteiger partial charge in [-0.25, -0.2) is 9.07 Å². The Morgan fingerprint density at radius 3 is 2.56 bits per heavy atom. The molecule has 0 radical (unpaired) electrons. The number of halogens is 1. The van der Waals surface area contributed by atoms with E-state index in [9.17, 15) is 4.39 Å². The van der Waals surface area contributed by atoms with Crippen LogP contribution in [0.3, 0.4) is 0 Å². The standard InChI is InChI=1S/C12H16N2.C7H12FN3.C2H6/c1-13-8-11(9-13)14-7-6-10-4-2-3-5-12(10)14;1-2-3-7(6-8)11-5-4-9-10-11;1-2/h2-5,11H,6-9H2,1H3;4-5,7H,2-3,6H2,1H3;1-2H3. The van der Waals surface area contributed by atoms with E-state index >= 15 is 0 Å². The first-order valence-electron chi connectivity index (χ1n) is 10.2. The Morgan fingerprint density at radius 1 is 1.22 bits per heavy atom. The Hall–Kier alpha value is -1.95. The van der Waals surface area contributed by atoms with Crippen LogP contribution in [0.15, 0.2) is 36.7 Å². The van der Waals surface area contributed by atoms with E-state index in [0.717, 1.165) is 18.9 Å². The molecule has 1 aromatic carbocycles. The minimum absolute atomic E-state index is 0.123. The first kappa shape index (κ1) is 21.4. The minimum Gasteiger partial charge on any atom is -0.365 e. The summed E-state index contributed by atoms with van der Waals surface area (Å²) < 4.78 is 13.9. The highest BCUT2D eigenvalue weighted by molar-refractivity contribution is 5.59. The van der Waals surface area contributed by atoms with Crippen LogP contribution >= 0.6 is 0 Å². The Balaban J connectivity index is 0.000000183. The molecule has 0 spiro atoms. The summed E-state index contributed by atoms with van der Waals surface area (Å²) in [5.74, 6) is 0. The van der Waals surface area contributed by atoms with E-state index in [2.05, 4.69) is 51.4 Å². The van der Waals surface area contributed by atoms with Gasteiger partial charge in [-0.2, -0.15) is 0 Å². The van der Waals surface area contributed by atoms with Gasteiger partial charge in [0.25, 0.3) is 0 Å². The summed E-state index contributed by atoms with van der Waals surface area (Å²) in [5, 5.41) is 7.35. The fraction of sp³-hybridized carbons (Fsp3) is 0.619. The quantitative estimate of drug-likeness (QED) is 0.792. The molecule has 27 heavy (non-hydrogen) atoms. The summed E-state index contributed by atoms with van der Waals surface area (Å²) in [6, 6.07) is 9.47. The van der Waals surface area contributed by atoms with Gasteiger partial charge in [0.2, 0.25) is 0 Å². The first-order valence-corrected chi connectivity index (χ1v) is 10.2.